The van der Waals surface area contributed by atoms with Gasteiger partial charge in [0.25, 0.3) is 0 Å². The number of ether oxygens (including phenoxy) is 1. The number of amides is 2. The van der Waals surface area contributed by atoms with Crippen molar-refractivity contribution >= 4 is 11.8 Å². The van der Waals surface area contributed by atoms with E-state index < -0.39 is 0 Å². The van der Waals surface area contributed by atoms with Crippen LogP contribution in [0.15, 0.2) is 48.5 Å². The highest BCUT2D eigenvalue weighted by atomic mass is 16.5. The molecule has 0 saturated heterocycles. The van der Waals surface area contributed by atoms with Crippen molar-refractivity contribution < 1.29 is 14.3 Å². The zero-order valence-electron chi connectivity index (χ0n) is 16.8. The molecule has 1 aliphatic rings. The Morgan fingerprint density at radius 3 is 2.54 bits per heavy atom. The van der Waals surface area contributed by atoms with Crippen molar-refractivity contribution in [3.05, 3.63) is 65.2 Å². The van der Waals surface area contributed by atoms with E-state index in [2.05, 4.69) is 11.4 Å². The van der Waals surface area contributed by atoms with Crippen LogP contribution in [0.2, 0.25) is 0 Å². The number of benzene rings is 2. The standard InChI is InChI=1S/C23H28N2O3/c1-16(2)28-20-10-8-18(9-11-20)15-24-23(27)14-22-21-7-5-4-6-19(21)12-13-25(22)17(3)26/h4-11,16,22H,12-15H2,1-3H3,(H,24,27). The molecule has 2 aromatic rings. The lowest BCUT2D eigenvalue weighted by Crippen LogP contribution is -2.41. The van der Waals surface area contributed by atoms with Crippen LogP contribution in [0.4, 0.5) is 0 Å². The highest BCUT2D eigenvalue weighted by molar-refractivity contribution is 5.79. The van der Waals surface area contributed by atoms with Gasteiger partial charge in [-0.05, 0) is 49.1 Å². The van der Waals surface area contributed by atoms with E-state index in [1.54, 1.807) is 11.8 Å². The number of nitrogens with one attached hydrogen (secondary N) is 1. The van der Waals surface area contributed by atoms with E-state index in [1.165, 1.54) is 5.56 Å². The van der Waals surface area contributed by atoms with Crippen molar-refractivity contribution in [1.29, 1.82) is 0 Å². The topological polar surface area (TPSA) is 58.6 Å². The van der Waals surface area contributed by atoms with E-state index in [9.17, 15) is 9.59 Å². The molecule has 0 aromatic heterocycles. The van der Waals surface area contributed by atoms with Gasteiger partial charge in [-0.3, -0.25) is 9.59 Å². The zero-order valence-corrected chi connectivity index (χ0v) is 16.8. The summed E-state index contributed by atoms with van der Waals surface area (Å²) in [5.41, 5.74) is 3.31. The predicted octanol–water partition coefficient (Wildman–Crippen LogP) is 3.63. The minimum absolute atomic E-state index is 0.00745. The van der Waals surface area contributed by atoms with Gasteiger partial charge >= 0.3 is 0 Å². The van der Waals surface area contributed by atoms with Gasteiger partial charge < -0.3 is 15.0 Å². The summed E-state index contributed by atoms with van der Waals surface area (Å²) in [5, 5.41) is 2.98. The van der Waals surface area contributed by atoms with Crippen molar-refractivity contribution in [2.75, 3.05) is 6.54 Å². The molecule has 0 spiro atoms. The second-order valence-electron chi connectivity index (χ2n) is 7.47. The quantitative estimate of drug-likeness (QED) is 0.833. The average molecular weight is 380 g/mol. The third-order valence-corrected chi connectivity index (χ3v) is 4.98. The van der Waals surface area contributed by atoms with Crippen molar-refractivity contribution in [2.45, 2.75) is 52.3 Å². The van der Waals surface area contributed by atoms with E-state index in [1.807, 2.05) is 56.3 Å². The first-order valence-electron chi connectivity index (χ1n) is 9.81. The third-order valence-electron chi connectivity index (χ3n) is 4.98. The molecular weight excluding hydrogens is 352 g/mol. The number of nitrogens with zero attached hydrogens (tertiary/aromatic N) is 1. The molecule has 1 N–H and O–H groups in total. The number of carbonyl (C=O) groups is 2. The highest BCUT2D eigenvalue weighted by Crippen LogP contribution is 2.32. The first kappa shape index (κ1) is 19.9. The normalized spacial score (nSPS) is 15.9. The minimum atomic E-state index is -0.204. The molecule has 1 aliphatic heterocycles. The Kier molecular flexibility index (Phi) is 6.34. The lowest BCUT2D eigenvalue weighted by Gasteiger charge is -2.36. The van der Waals surface area contributed by atoms with Crippen LogP contribution in [-0.4, -0.2) is 29.4 Å². The summed E-state index contributed by atoms with van der Waals surface area (Å²) >= 11 is 0. The lowest BCUT2D eigenvalue weighted by molar-refractivity contribution is -0.133. The van der Waals surface area contributed by atoms with E-state index in [-0.39, 0.29) is 30.4 Å². The van der Waals surface area contributed by atoms with Gasteiger partial charge in [-0.1, -0.05) is 36.4 Å². The van der Waals surface area contributed by atoms with Crippen LogP contribution < -0.4 is 10.1 Å². The molecule has 5 heteroatoms. The van der Waals surface area contributed by atoms with Gasteiger partial charge in [0.05, 0.1) is 18.6 Å². The van der Waals surface area contributed by atoms with Gasteiger partial charge in [0, 0.05) is 20.0 Å². The maximum Gasteiger partial charge on any atom is 0.222 e. The fraction of sp³-hybridized carbons (Fsp3) is 0.391. The van der Waals surface area contributed by atoms with Crippen LogP contribution in [0.3, 0.4) is 0 Å². The Morgan fingerprint density at radius 1 is 1.14 bits per heavy atom. The molecular formula is C23H28N2O3. The van der Waals surface area contributed by atoms with Gasteiger partial charge in [-0.15, -0.1) is 0 Å². The summed E-state index contributed by atoms with van der Waals surface area (Å²) in [5.74, 6) is 0.768. The summed E-state index contributed by atoms with van der Waals surface area (Å²) in [7, 11) is 0. The highest BCUT2D eigenvalue weighted by Gasteiger charge is 2.30. The first-order valence-corrected chi connectivity index (χ1v) is 9.81. The molecule has 0 saturated carbocycles. The molecule has 2 aromatic carbocycles. The van der Waals surface area contributed by atoms with Crippen molar-refractivity contribution in [3.8, 4) is 5.75 Å². The molecule has 0 fully saturated rings. The molecule has 1 unspecified atom stereocenters. The Hall–Kier alpha value is -2.82. The second-order valence-corrected chi connectivity index (χ2v) is 7.47. The Bertz CT molecular complexity index is 830. The van der Waals surface area contributed by atoms with E-state index in [0.717, 1.165) is 23.3 Å². The predicted molar refractivity (Wildman–Crippen MR) is 109 cm³/mol. The van der Waals surface area contributed by atoms with Crippen molar-refractivity contribution in [1.82, 2.24) is 10.2 Å². The van der Waals surface area contributed by atoms with E-state index in [4.69, 9.17) is 4.74 Å². The minimum Gasteiger partial charge on any atom is -0.491 e. The summed E-state index contributed by atoms with van der Waals surface area (Å²) in [6, 6.07) is 15.6. The summed E-state index contributed by atoms with van der Waals surface area (Å²) in [6.45, 7) is 6.65. The van der Waals surface area contributed by atoms with E-state index >= 15 is 0 Å². The largest absolute Gasteiger partial charge is 0.491 e. The fourth-order valence-corrected chi connectivity index (χ4v) is 3.66. The summed E-state index contributed by atoms with van der Waals surface area (Å²) < 4.78 is 5.64. The Morgan fingerprint density at radius 2 is 1.86 bits per heavy atom. The van der Waals surface area contributed by atoms with Gasteiger partial charge in [-0.2, -0.15) is 0 Å². The fourth-order valence-electron chi connectivity index (χ4n) is 3.66. The molecule has 5 nitrogen and oxygen atoms in total. The summed E-state index contributed by atoms with van der Waals surface area (Å²) in [6.07, 6.45) is 1.23. The first-order chi connectivity index (χ1) is 13.4. The lowest BCUT2D eigenvalue weighted by atomic mass is 9.90. The van der Waals surface area contributed by atoms with Crippen LogP contribution in [-0.2, 0) is 22.6 Å². The SMILES string of the molecule is CC(=O)N1CCc2ccccc2C1CC(=O)NCc1ccc(OC(C)C)cc1. The molecule has 1 atom stereocenters. The molecule has 0 aliphatic carbocycles. The molecule has 28 heavy (non-hydrogen) atoms. The summed E-state index contributed by atoms with van der Waals surface area (Å²) in [4.78, 5) is 26.5. The number of fused-ring (bicyclic) bond motifs is 1. The molecule has 0 radical (unpaired) electrons. The third kappa shape index (κ3) is 4.91. The maximum absolute atomic E-state index is 12.6. The van der Waals surface area contributed by atoms with Crippen LogP contribution in [0, 0.1) is 0 Å². The molecule has 148 valence electrons. The Balaban J connectivity index is 1.62. The molecule has 3 rings (SSSR count). The van der Waals surface area contributed by atoms with Crippen LogP contribution in [0.25, 0.3) is 0 Å². The monoisotopic (exact) mass is 380 g/mol. The molecule has 1 heterocycles. The van der Waals surface area contributed by atoms with Crippen LogP contribution in [0.5, 0.6) is 5.75 Å². The maximum atomic E-state index is 12.6. The van der Waals surface area contributed by atoms with E-state index in [0.29, 0.717) is 13.1 Å². The molecule has 2 amide bonds. The molecule has 0 bridgehead atoms. The van der Waals surface area contributed by atoms with Gasteiger partial charge in [0.15, 0.2) is 0 Å². The number of carbonyl (C=O) groups excluding carboxylic acids is 2. The zero-order chi connectivity index (χ0) is 20.1. The van der Waals surface area contributed by atoms with Crippen LogP contribution >= 0.6 is 0 Å². The number of hydrogen-bond donors (Lipinski definition) is 1. The van der Waals surface area contributed by atoms with Gasteiger partial charge in [0.2, 0.25) is 11.8 Å². The Labute approximate surface area is 166 Å². The van der Waals surface area contributed by atoms with Crippen molar-refractivity contribution in [3.63, 3.8) is 0 Å². The number of hydrogen-bond acceptors (Lipinski definition) is 3. The van der Waals surface area contributed by atoms with Gasteiger partial charge in [-0.25, -0.2) is 0 Å². The van der Waals surface area contributed by atoms with Crippen LogP contribution in [0.1, 0.15) is 49.9 Å². The van der Waals surface area contributed by atoms with Gasteiger partial charge in [0.1, 0.15) is 5.75 Å². The smallest absolute Gasteiger partial charge is 0.222 e. The second kappa shape index (κ2) is 8.91. The van der Waals surface area contributed by atoms with Crippen molar-refractivity contribution in [2.24, 2.45) is 0 Å². The number of rotatable bonds is 6. The average Bonchev–Trinajstić information content (AvgIpc) is 2.67.